The van der Waals surface area contributed by atoms with E-state index in [1.165, 1.54) is 18.0 Å². The number of nitrogens with zero attached hydrogens (tertiary/aromatic N) is 3. The molecule has 0 fully saturated rings. The molecule has 0 spiro atoms. The third-order valence-corrected chi connectivity index (χ3v) is 3.78. The summed E-state index contributed by atoms with van der Waals surface area (Å²) < 4.78 is 6.53. The number of para-hydroxylation sites is 1. The lowest BCUT2D eigenvalue weighted by Gasteiger charge is -2.06. The minimum atomic E-state index is -0.341. The Hall–Kier alpha value is -2.86. The summed E-state index contributed by atoms with van der Waals surface area (Å²) in [4.78, 5) is 16.6. The molecular formula is C17H15ClN4O2. The highest BCUT2D eigenvalue weighted by Gasteiger charge is 2.21. The number of hydrogen-bond donors (Lipinski definition) is 1. The van der Waals surface area contributed by atoms with E-state index in [1.807, 2.05) is 30.3 Å². The second-order valence-electron chi connectivity index (χ2n) is 5.04. The van der Waals surface area contributed by atoms with Crippen molar-refractivity contribution in [1.82, 2.24) is 14.8 Å². The molecule has 3 aromatic rings. The Balaban J connectivity index is 1.88. The summed E-state index contributed by atoms with van der Waals surface area (Å²) in [6.07, 6.45) is 1.52. The number of ether oxygens (including phenoxy) is 1. The summed E-state index contributed by atoms with van der Waals surface area (Å²) in [6.45, 7) is 1.74. The van der Waals surface area contributed by atoms with Gasteiger partial charge in [0.05, 0.1) is 30.4 Å². The fourth-order valence-corrected chi connectivity index (χ4v) is 2.62. The van der Waals surface area contributed by atoms with Crippen LogP contribution in [-0.2, 0) is 0 Å². The third kappa shape index (κ3) is 3.09. The van der Waals surface area contributed by atoms with Gasteiger partial charge in [-0.3, -0.25) is 4.79 Å². The lowest BCUT2D eigenvalue weighted by molar-refractivity contribution is 0.102. The maximum Gasteiger partial charge on any atom is 0.260 e. The van der Waals surface area contributed by atoms with Gasteiger partial charge in [-0.1, -0.05) is 29.8 Å². The molecule has 0 unspecified atom stereocenters. The van der Waals surface area contributed by atoms with E-state index in [0.717, 1.165) is 5.69 Å². The molecule has 0 radical (unpaired) electrons. The maximum atomic E-state index is 12.5. The second-order valence-corrected chi connectivity index (χ2v) is 5.40. The molecular weight excluding hydrogens is 328 g/mol. The van der Waals surface area contributed by atoms with Crippen LogP contribution in [0.5, 0.6) is 5.88 Å². The highest BCUT2D eigenvalue weighted by atomic mass is 35.5. The SMILES string of the molecule is COc1ccc(NC(=O)c2c(C)nn(-c3ccccc3)c2Cl)cn1. The van der Waals surface area contributed by atoms with Crippen molar-refractivity contribution in [2.24, 2.45) is 0 Å². The molecule has 1 aromatic carbocycles. The van der Waals surface area contributed by atoms with E-state index in [0.29, 0.717) is 22.8 Å². The summed E-state index contributed by atoms with van der Waals surface area (Å²) in [5.74, 6) is 0.130. The highest BCUT2D eigenvalue weighted by Crippen LogP contribution is 2.24. The van der Waals surface area contributed by atoms with Crippen molar-refractivity contribution in [3.05, 3.63) is 65.1 Å². The monoisotopic (exact) mass is 342 g/mol. The number of halogens is 1. The first-order valence-electron chi connectivity index (χ1n) is 7.22. The molecule has 1 amide bonds. The molecule has 1 N–H and O–H groups in total. The van der Waals surface area contributed by atoms with E-state index in [4.69, 9.17) is 16.3 Å². The van der Waals surface area contributed by atoms with Crippen LogP contribution in [-0.4, -0.2) is 27.8 Å². The van der Waals surface area contributed by atoms with Crippen LogP contribution in [0, 0.1) is 6.92 Å². The van der Waals surface area contributed by atoms with Gasteiger partial charge < -0.3 is 10.1 Å². The van der Waals surface area contributed by atoms with E-state index >= 15 is 0 Å². The number of carbonyl (C=O) groups excluding carboxylic acids is 1. The Labute approximate surface area is 144 Å². The Morgan fingerprint density at radius 3 is 2.58 bits per heavy atom. The largest absolute Gasteiger partial charge is 0.481 e. The zero-order valence-corrected chi connectivity index (χ0v) is 13.9. The Morgan fingerprint density at radius 2 is 1.96 bits per heavy atom. The number of amides is 1. The fraction of sp³-hybridized carbons (Fsp3) is 0.118. The second kappa shape index (κ2) is 6.72. The van der Waals surface area contributed by atoms with Gasteiger partial charge in [-0.05, 0) is 25.1 Å². The van der Waals surface area contributed by atoms with Crippen LogP contribution in [0.4, 0.5) is 5.69 Å². The molecule has 0 aliphatic heterocycles. The number of pyridine rings is 1. The molecule has 0 bridgehead atoms. The highest BCUT2D eigenvalue weighted by molar-refractivity contribution is 6.34. The topological polar surface area (TPSA) is 69.0 Å². The molecule has 3 rings (SSSR count). The van der Waals surface area contributed by atoms with Crippen LogP contribution in [0.25, 0.3) is 5.69 Å². The van der Waals surface area contributed by atoms with Crippen molar-refractivity contribution in [1.29, 1.82) is 0 Å². The number of anilines is 1. The zero-order valence-electron chi connectivity index (χ0n) is 13.2. The molecule has 2 heterocycles. The van der Waals surface area contributed by atoms with Crippen molar-refractivity contribution in [3.63, 3.8) is 0 Å². The molecule has 0 aliphatic carbocycles. The number of aromatic nitrogens is 3. The predicted molar refractivity (Wildman–Crippen MR) is 92.1 cm³/mol. The maximum absolute atomic E-state index is 12.5. The Morgan fingerprint density at radius 1 is 1.21 bits per heavy atom. The van der Waals surface area contributed by atoms with Crippen LogP contribution in [0.15, 0.2) is 48.7 Å². The first kappa shape index (κ1) is 16.0. The van der Waals surface area contributed by atoms with E-state index in [9.17, 15) is 4.79 Å². The van der Waals surface area contributed by atoms with Crippen LogP contribution >= 0.6 is 11.6 Å². The molecule has 0 saturated carbocycles. The molecule has 24 heavy (non-hydrogen) atoms. The van der Waals surface area contributed by atoms with Crippen molar-refractivity contribution < 1.29 is 9.53 Å². The van der Waals surface area contributed by atoms with Gasteiger partial charge in [0.25, 0.3) is 5.91 Å². The Bertz CT molecular complexity index is 860. The van der Waals surface area contributed by atoms with Crippen LogP contribution in [0.3, 0.4) is 0 Å². The lowest BCUT2D eigenvalue weighted by atomic mass is 10.2. The summed E-state index contributed by atoms with van der Waals surface area (Å²) in [6, 6.07) is 12.8. The first-order valence-corrected chi connectivity index (χ1v) is 7.60. The zero-order chi connectivity index (χ0) is 17.1. The molecule has 0 saturated heterocycles. The van der Waals surface area contributed by atoms with E-state index in [2.05, 4.69) is 15.4 Å². The van der Waals surface area contributed by atoms with E-state index in [-0.39, 0.29) is 11.1 Å². The van der Waals surface area contributed by atoms with Gasteiger partial charge in [-0.25, -0.2) is 9.67 Å². The summed E-state index contributed by atoms with van der Waals surface area (Å²) in [5.41, 5.74) is 2.21. The quantitative estimate of drug-likeness (QED) is 0.788. The molecule has 2 aromatic heterocycles. The molecule has 0 atom stereocenters. The van der Waals surface area contributed by atoms with Crippen molar-refractivity contribution >= 4 is 23.2 Å². The summed E-state index contributed by atoms with van der Waals surface area (Å²) >= 11 is 6.38. The third-order valence-electron chi connectivity index (χ3n) is 3.44. The minimum Gasteiger partial charge on any atom is -0.481 e. The average molecular weight is 343 g/mol. The van der Waals surface area contributed by atoms with Gasteiger partial charge in [-0.15, -0.1) is 0 Å². The van der Waals surface area contributed by atoms with Gasteiger partial charge in [0, 0.05) is 6.07 Å². The molecule has 0 aliphatic rings. The number of carbonyl (C=O) groups is 1. The van der Waals surface area contributed by atoms with Gasteiger partial charge in [-0.2, -0.15) is 5.10 Å². The van der Waals surface area contributed by atoms with Gasteiger partial charge >= 0.3 is 0 Å². The van der Waals surface area contributed by atoms with Crippen LogP contribution in [0.2, 0.25) is 5.15 Å². The number of benzene rings is 1. The molecule has 7 heteroatoms. The Kier molecular flexibility index (Phi) is 4.48. The number of hydrogen-bond acceptors (Lipinski definition) is 4. The average Bonchev–Trinajstić information content (AvgIpc) is 2.91. The number of aryl methyl sites for hydroxylation is 1. The van der Waals surface area contributed by atoms with E-state index < -0.39 is 0 Å². The van der Waals surface area contributed by atoms with Gasteiger partial charge in [0.15, 0.2) is 0 Å². The lowest BCUT2D eigenvalue weighted by Crippen LogP contribution is -2.13. The summed E-state index contributed by atoms with van der Waals surface area (Å²) in [5, 5.41) is 7.38. The van der Waals surface area contributed by atoms with Crippen LogP contribution < -0.4 is 10.1 Å². The summed E-state index contributed by atoms with van der Waals surface area (Å²) in [7, 11) is 1.53. The normalized spacial score (nSPS) is 10.5. The number of methoxy groups -OCH3 is 1. The molecule has 6 nitrogen and oxygen atoms in total. The smallest absolute Gasteiger partial charge is 0.260 e. The van der Waals surface area contributed by atoms with Gasteiger partial charge in [0.1, 0.15) is 10.7 Å². The predicted octanol–water partition coefficient (Wildman–Crippen LogP) is 3.49. The van der Waals surface area contributed by atoms with Crippen molar-refractivity contribution in [2.75, 3.05) is 12.4 Å². The van der Waals surface area contributed by atoms with Crippen molar-refractivity contribution in [2.45, 2.75) is 6.92 Å². The standard InChI is InChI=1S/C17H15ClN4O2/c1-11-15(16(18)22(21-11)13-6-4-3-5-7-13)17(23)20-12-8-9-14(24-2)19-10-12/h3-10H,1-2H3,(H,20,23). The molecule has 122 valence electrons. The van der Waals surface area contributed by atoms with Crippen LogP contribution in [0.1, 0.15) is 16.1 Å². The van der Waals surface area contributed by atoms with Crippen molar-refractivity contribution in [3.8, 4) is 11.6 Å². The minimum absolute atomic E-state index is 0.262. The fourth-order valence-electron chi connectivity index (χ4n) is 2.27. The number of nitrogens with one attached hydrogen (secondary N) is 1. The first-order chi connectivity index (χ1) is 11.6. The number of rotatable bonds is 4. The van der Waals surface area contributed by atoms with Gasteiger partial charge in [0.2, 0.25) is 5.88 Å². The van der Waals surface area contributed by atoms with E-state index in [1.54, 1.807) is 19.1 Å².